The van der Waals surface area contributed by atoms with Gasteiger partial charge in [-0.25, -0.2) is 18.4 Å². The normalized spacial score (nSPS) is 11.6. The number of rotatable bonds is 5. The molecule has 0 amide bonds. The van der Waals surface area contributed by atoms with Crippen molar-refractivity contribution >= 4 is 55.6 Å². The number of nitrogens with zero attached hydrogens (tertiary/aromatic N) is 4. The molecule has 0 aliphatic rings. The Morgan fingerprint density at radius 3 is 2.43 bits per heavy atom. The molecule has 0 bridgehead atoms. The van der Waals surface area contributed by atoms with Crippen LogP contribution in [0.2, 0.25) is 5.02 Å². The number of fused-ring (bicyclic) bond motifs is 1. The van der Waals surface area contributed by atoms with E-state index in [1.807, 2.05) is 19.9 Å². The van der Waals surface area contributed by atoms with Gasteiger partial charge in [-0.2, -0.15) is 5.10 Å². The van der Waals surface area contributed by atoms with E-state index in [0.29, 0.717) is 45.0 Å². The van der Waals surface area contributed by atoms with Crippen LogP contribution in [0.5, 0.6) is 0 Å². The molecule has 0 saturated carbocycles. The summed E-state index contributed by atoms with van der Waals surface area (Å²) in [4.78, 5) is 12.2. The fourth-order valence-corrected chi connectivity index (χ4v) is 4.01. The zero-order valence-corrected chi connectivity index (χ0v) is 17.9. The molecule has 3 heterocycles. The predicted octanol–water partition coefficient (Wildman–Crippen LogP) is 3.91. The Labute approximate surface area is 177 Å². The predicted molar refractivity (Wildman–Crippen MR) is 117 cm³/mol. The zero-order valence-electron chi connectivity index (χ0n) is 16.4. The van der Waals surface area contributed by atoms with Gasteiger partial charge in [-0.15, -0.1) is 5.10 Å². The average molecular weight is 444 g/mol. The van der Waals surface area contributed by atoms with Crippen LogP contribution in [-0.2, 0) is 9.84 Å². The van der Waals surface area contributed by atoms with Crippen molar-refractivity contribution in [1.82, 2.24) is 25.1 Å². The standard InChI is InChI=1S/C19H18ClN7O2S/c1-10-4-7-16(27-26-10)24-17-9-14(18-19(25-17)22-11(2)21-18)23-13-6-5-12(20)8-15(13)30(3,28)29/h4-9H,1-3H3,(H3,21,22,23,24,25,27). The molecule has 4 aromatic rings. The number of sulfone groups is 1. The molecule has 9 nitrogen and oxygen atoms in total. The summed E-state index contributed by atoms with van der Waals surface area (Å²) in [5.41, 5.74) is 2.86. The third-order valence-electron chi connectivity index (χ3n) is 4.24. The lowest BCUT2D eigenvalue weighted by Crippen LogP contribution is -2.04. The van der Waals surface area contributed by atoms with E-state index in [2.05, 4.69) is 35.8 Å². The highest BCUT2D eigenvalue weighted by Gasteiger charge is 2.17. The summed E-state index contributed by atoms with van der Waals surface area (Å²) in [6.07, 6.45) is 1.13. The topological polar surface area (TPSA) is 126 Å². The van der Waals surface area contributed by atoms with Crippen LogP contribution >= 0.6 is 11.6 Å². The van der Waals surface area contributed by atoms with Gasteiger partial charge < -0.3 is 15.6 Å². The first-order chi connectivity index (χ1) is 14.2. The smallest absolute Gasteiger partial charge is 0.177 e. The maximum atomic E-state index is 12.2. The van der Waals surface area contributed by atoms with Gasteiger partial charge in [0.1, 0.15) is 17.2 Å². The first-order valence-corrected chi connectivity index (χ1v) is 11.2. The number of aryl methyl sites for hydroxylation is 2. The van der Waals surface area contributed by atoms with Crippen LogP contribution in [0.4, 0.5) is 23.0 Å². The molecule has 0 aliphatic carbocycles. The second kappa shape index (κ2) is 7.54. The van der Waals surface area contributed by atoms with Gasteiger partial charge >= 0.3 is 0 Å². The molecule has 1 aromatic carbocycles. The van der Waals surface area contributed by atoms with Crippen LogP contribution in [0.15, 0.2) is 41.3 Å². The number of pyridine rings is 1. The maximum Gasteiger partial charge on any atom is 0.177 e. The van der Waals surface area contributed by atoms with E-state index in [1.165, 1.54) is 6.07 Å². The number of hydrogen-bond donors (Lipinski definition) is 3. The van der Waals surface area contributed by atoms with Gasteiger partial charge in [-0.3, -0.25) is 0 Å². The first kappa shape index (κ1) is 20.0. The number of hydrogen-bond acceptors (Lipinski definition) is 8. The van der Waals surface area contributed by atoms with Crippen LogP contribution in [-0.4, -0.2) is 39.8 Å². The van der Waals surface area contributed by atoms with Gasteiger partial charge in [0, 0.05) is 17.3 Å². The molecule has 0 unspecified atom stereocenters. The van der Waals surface area contributed by atoms with E-state index in [9.17, 15) is 8.42 Å². The number of aromatic nitrogens is 5. The van der Waals surface area contributed by atoms with Crippen LogP contribution in [0.3, 0.4) is 0 Å². The van der Waals surface area contributed by atoms with Crippen molar-refractivity contribution in [1.29, 1.82) is 0 Å². The highest BCUT2D eigenvalue weighted by atomic mass is 35.5. The molecular formula is C19H18ClN7O2S. The van der Waals surface area contributed by atoms with Crippen molar-refractivity contribution in [3.63, 3.8) is 0 Å². The minimum absolute atomic E-state index is 0.0890. The van der Waals surface area contributed by atoms with E-state index < -0.39 is 9.84 Å². The number of nitrogens with one attached hydrogen (secondary N) is 3. The maximum absolute atomic E-state index is 12.2. The van der Waals surface area contributed by atoms with E-state index in [4.69, 9.17) is 11.6 Å². The van der Waals surface area contributed by atoms with Gasteiger partial charge in [-0.05, 0) is 44.2 Å². The minimum atomic E-state index is -3.51. The van der Waals surface area contributed by atoms with Crippen LogP contribution in [0.25, 0.3) is 11.2 Å². The van der Waals surface area contributed by atoms with E-state index in [1.54, 1.807) is 24.3 Å². The van der Waals surface area contributed by atoms with E-state index in [-0.39, 0.29) is 4.90 Å². The van der Waals surface area contributed by atoms with E-state index in [0.717, 1.165) is 11.9 Å². The van der Waals surface area contributed by atoms with Crippen molar-refractivity contribution < 1.29 is 8.42 Å². The molecule has 0 spiro atoms. The van der Waals surface area contributed by atoms with Crippen molar-refractivity contribution in [3.05, 3.63) is 52.9 Å². The second-order valence-corrected chi connectivity index (χ2v) is 9.22. The molecule has 0 fully saturated rings. The number of imidazole rings is 1. The Kier molecular flexibility index (Phi) is 5.04. The minimum Gasteiger partial charge on any atom is -0.352 e. The van der Waals surface area contributed by atoms with Crippen LogP contribution in [0, 0.1) is 13.8 Å². The van der Waals surface area contributed by atoms with Crippen molar-refractivity contribution in [2.45, 2.75) is 18.7 Å². The Morgan fingerprint density at radius 1 is 0.933 bits per heavy atom. The lowest BCUT2D eigenvalue weighted by molar-refractivity contribution is 0.602. The largest absolute Gasteiger partial charge is 0.352 e. The summed E-state index contributed by atoms with van der Waals surface area (Å²) in [6, 6.07) is 10.00. The van der Waals surface area contributed by atoms with Crippen LogP contribution < -0.4 is 10.6 Å². The Morgan fingerprint density at radius 2 is 1.73 bits per heavy atom. The molecular weight excluding hydrogens is 426 g/mol. The number of anilines is 4. The number of halogens is 1. The summed E-state index contributed by atoms with van der Waals surface area (Å²) >= 11 is 6.01. The van der Waals surface area contributed by atoms with Gasteiger partial charge in [0.2, 0.25) is 0 Å². The summed E-state index contributed by atoms with van der Waals surface area (Å²) in [7, 11) is -3.51. The number of benzene rings is 1. The van der Waals surface area contributed by atoms with Gasteiger partial charge in [0.05, 0.1) is 22.0 Å². The van der Waals surface area contributed by atoms with Gasteiger partial charge in [0.15, 0.2) is 21.3 Å². The molecule has 0 atom stereocenters. The third-order valence-corrected chi connectivity index (χ3v) is 5.61. The molecule has 4 rings (SSSR count). The lowest BCUT2D eigenvalue weighted by atomic mass is 10.2. The number of aromatic amines is 1. The van der Waals surface area contributed by atoms with Crippen molar-refractivity contribution in [2.24, 2.45) is 0 Å². The summed E-state index contributed by atoms with van der Waals surface area (Å²) in [6.45, 7) is 3.66. The fourth-order valence-electron chi connectivity index (χ4n) is 2.91. The average Bonchev–Trinajstić information content (AvgIpc) is 3.05. The molecule has 0 aliphatic heterocycles. The molecule has 11 heteroatoms. The quantitative estimate of drug-likeness (QED) is 0.424. The summed E-state index contributed by atoms with van der Waals surface area (Å²) < 4.78 is 24.5. The SMILES string of the molecule is Cc1ccc(Nc2cc(Nc3ccc(Cl)cc3S(C)(=O)=O)c3nc(C)[nH]c3n2)nn1. The number of H-pyrrole nitrogens is 1. The van der Waals surface area contributed by atoms with E-state index >= 15 is 0 Å². The third kappa shape index (κ3) is 4.19. The Balaban J connectivity index is 1.80. The molecule has 0 saturated heterocycles. The molecule has 0 radical (unpaired) electrons. The summed E-state index contributed by atoms with van der Waals surface area (Å²) in [5.74, 6) is 1.69. The molecule has 30 heavy (non-hydrogen) atoms. The summed E-state index contributed by atoms with van der Waals surface area (Å²) in [5, 5.41) is 14.7. The first-order valence-electron chi connectivity index (χ1n) is 8.90. The second-order valence-electron chi connectivity index (χ2n) is 6.80. The molecule has 3 aromatic heterocycles. The van der Waals surface area contributed by atoms with Gasteiger partial charge in [0.25, 0.3) is 0 Å². The Hall–Kier alpha value is -3.24. The van der Waals surface area contributed by atoms with Gasteiger partial charge in [-0.1, -0.05) is 11.6 Å². The zero-order chi connectivity index (χ0) is 21.5. The Bertz CT molecular complexity index is 1350. The van der Waals surface area contributed by atoms with Crippen molar-refractivity contribution in [2.75, 3.05) is 16.9 Å². The van der Waals surface area contributed by atoms with Crippen LogP contribution in [0.1, 0.15) is 11.5 Å². The highest BCUT2D eigenvalue weighted by Crippen LogP contribution is 2.32. The highest BCUT2D eigenvalue weighted by molar-refractivity contribution is 7.90. The monoisotopic (exact) mass is 443 g/mol. The molecule has 3 N–H and O–H groups in total. The van der Waals surface area contributed by atoms with Crippen molar-refractivity contribution in [3.8, 4) is 0 Å². The lowest BCUT2D eigenvalue weighted by Gasteiger charge is -2.13. The fraction of sp³-hybridized carbons (Fsp3) is 0.158. The molecule has 154 valence electrons.